The lowest BCUT2D eigenvalue weighted by molar-refractivity contribution is 0.0677. The van der Waals surface area contributed by atoms with Gasteiger partial charge in [-0.2, -0.15) is 16.7 Å². The molecule has 0 aliphatic carbocycles. The number of nitrogens with zero attached hydrogens (tertiary/aromatic N) is 2. The molecule has 1 atom stereocenters. The van der Waals surface area contributed by atoms with Gasteiger partial charge in [0.2, 0.25) is 5.82 Å². The molecule has 0 amide bonds. The number of ether oxygens (including phenoxy) is 1. The van der Waals surface area contributed by atoms with Crippen LogP contribution in [0.4, 0.5) is 10.1 Å². The molecule has 1 saturated heterocycles. The van der Waals surface area contributed by atoms with Crippen molar-refractivity contribution in [1.29, 1.82) is 0 Å². The highest BCUT2D eigenvalue weighted by Crippen LogP contribution is 2.30. The monoisotopic (exact) mass is 281 g/mol. The Hall–Kier alpha value is -1.60. The number of thioether (sulfide) groups is 1. The fraction of sp³-hybridized carbons (Fsp3) is 0.333. The van der Waals surface area contributed by atoms with Gasteiger partial charge in [0.05, 0.1) is 12.2 Å². The third kappa shape index (κ3) is 2.43. The van der Waals surface area contributed by atoms with Crippen molar-refractivity contribution in [3.05, 3.63) is 29.8 Å². The highest BCUT2D eigenvalue weighted by atomic mass is 32.2. The average molecular weight is 281 g/mol. The van der Waals surface area contributed by atoms with E-state index in [-0.39, 0.29) is 23.2 Å². The van der Waals surface area contributed by atoms with Crippen LogP contribution in [0.3, 0.4) is 0 Å². The molecule has 1 aromatic heterocycles. The molecule has 1 unspecified atom stereocenters. The van der Waals surface area contributed by atoms with Gasteiger partial charge in [-0.25, -0.2) is 4.39 Å². The molecular weight excluding hydrogens is 269 g/mol. The van der Waals surface area contributed by atoms with Gasteiger partial charge < -0.3 is 15.0 Å². The van der Waals surface area contributed by atoms with E-state index in [4.69, 9.17) is 15.0 Å². The molecule has 1 aromatic carbocycles. The van der Waals surface area contributed by atoms with Crippen molar-refractivity contribution < 1.29 is 13.7 Å². The number of hydrogen-bond acceptors (Lipinski definition) is 6. The number of nitrogen functional groups attached to an aromatic ring is 1. The normalized spacial score (nSPS) is 19.5. The number of halogens is 1. The lowest BCUT2D eigenvalue weighted by atomic mass is 10.1. The first-order valence-electron chi connectivity index (χ1n) is 5.83. The molecule has 2 aromatic rings. The minimum absolute atomic E-state index is 0.0878. The van der Waals surface area contributed by atoms with Gasteiger partial charge in [-0.3, -0.25) is 0 Å². The summed E-state index contributed by atoms with van der Waals surface area (Å²) in [5.74, 6) is 1.77. The number of rotatable bonds is 2. The smallest absolute Gasteiger partial charge is 0.263 e. The maximum Gasteiger partial charge on any atom is 0.263 e. The first-order valence-corrected chi connectivity index (χ1v) is 6.98. The molecule has 0 saturated carbocycles. The minimum Gasteiger partial charge on any atom is -0.398 e. The fourth-order valence-corrected chi connectivity index (χ4v) is 2.71. The lowest BCUT2D eigenvalue weighted by Gasteiger charge is -2.18. The summed E-state index contributed by atoms with van der Waals surface area (Å²) in [5, 5.41) is 3.85. The first kappa shape index (κ1) is 12.4. The largest absolute Gasteiger partial charge is 0.398 e. The van der Waals surface area contributed by atoms with Crippen LogP contribution < -0.4 is 5.73 Å². The maximum absolute atomic E-state index is 13.7. The fourth-order valence-electron chi connectivity index (χ4n) is 1.87. The number of nitrogens with two attached hydrogens (primary N) is 1. The summed E-state index contributed by atoms with van der Waals surface area (Å²) in [6.45, 7) is 0.654. The van der Waals surface area contributed by atoms with E-state index in [1.165, 1.54) is 12.1 Å². The molecule has 5 nitrogen and oxygen atoms in total. The molecule has 3 rings (SSSR count). The Morgan fingerprint density at radius 3 is 3.05 bits per heavy atom. The topological polar surface area (TPSA) is 74.2 Å². The van der Waals surface area contributed by atoms with Crippen LogP contribution in [0.5, 0.6) is 0 Å². The van der Waals surface area contributed by atoms with E-state index in [1.807, 2.05) is 0 Å². The Morgan fingerprint density at radius 1 is 1.42 bits per heavy atom. The molecule has 19 heavy (non-hydrogen) atoms. The van der Waals surface area contributed by atoms with E-state index in [0.717, 1.165) is 11.5 Å². The molecule has 2 N–H and O–H groups in total. The van der Waals surface area contributed by atoms with Crippen molar-refractivity contribution in [2.75, 3.05) is 23.8 Å². The molecule has 0 radical (unpaired) electrons. The van der Waals surface area contributed by atoms with Crippen LogP contribution in [-0.4, -0.2) is 28.3 Å². The van der Waals surface area contributed by atoms with Crippen LogP contribution in [-0.2, 0) is 4.74 Å². The summed E-state index contributed by atoms with van der Waals surface area (Å²) >= 11 is 1.76. The third-order valence-corrected chi connectivity index (χ3v) is 3.80. The summed E-state index contributed by atoms with van der Waals surface area (Å²) in [6.07, 6.45) is -0.204. The van der Waals surface area contributed by atoms with Gasteiger partial charge in [0, 0.05) is 17.2 Å². The van der Waals surface area contributed by atoms with Crippen LogP contribution >= 0.6 is 11.8 Å². The highest BCUT2D eigenvalue weighted by molar-refractivity contribution is 7.99. The van der Waals surface area contributed by atoms with Crippen molar-refractivity contribution in [2.45, 2.75) is 6.10 Å². The van der Waals surface area contributed by atoms with E-state index in [1.54, 1.807) is 17.8 Å². The molecule has 1 aliphatic heterocycles. The van der Waals surface area contributed by atoms with Crippen LogP contribution in [0, 0.1) is 5.82 Å². The third-order valence-electron chi connectivity index (χ3n) is 2.81. The van der Waals surface area contributed by atoms with E-state index in [9.17, 15) is 4.39 Å². The van der Waals surface area contributed by atoms with Crippen LogP contribution in [0.25, 0.3) is 11.5 Å². The number of benzene rings is 1. The van der Waals surface area contributed by atoms with E-state index >= 15 is 0 Å². The van der Waals surface area contributed by atoms with E-state index < -0.39 is 5.82 Å². The van der Waals surface area contributed by atoms with Crippen LogP contribution in [0.15, 0.2) is 22.7 Å². The molecule has 100 valence electrons. The van der Waals surface area contributed by atoms with Crippen molar-refractivity contribution in [2.24, 2.45) is 0 Å². The van der Waals surface area contributed by atoms with Gasteiger partial charge in [0.1, 0.15) is 11.9 Å². The summed E-state index contributed by atoms with van der Waals surface area (Å²) in [6, 6.07) is 4.43. The van der Waals surface area contributed by atoms with Crippen molar-refractivity contribution >= 4 is 17.4 Å². The van der Waals surface area contributed by atoms with Gasteiger partial charge >= 0.3 is 0 Å². The summed E-state index contributed by atoms with van der Waals surface area (Å²) in [5.41, 5.74) is 6.15. The molecule has 7 heteroatoms. The minimum atomic E-state index is -0.478. The van der Waals surface area contributed by atoms with Crippen molar-refractivity contribution in [3.63, 3.8) is 0 Å². The maximum atomic E-state index is 13.7. The average Bonchev–Trinajstić information content (AvgIpc) is 2.89. The number of hydrogen-bond donors (Lipinski definition) is 1. The zero-order valence-corrected chi connectivity index (χ0v) is 10.8. The lowest BCUT2D eigenvalue weighted by Crippen LogP contribution is -2.16. The van der Waals surface area contributed by atoms with Gasteiger partial charge in [-0.05, 0) is 12.1 Å². The van der Waals surface area contributed by atoms with Crippen molar-refractivity contribution in [1.82, 2.24) is 10.1 Å². The zero-order valence-electron chi connectivity index (χ0n) is 10.0. The Bertz CT molecular complexity index is 564. The zero-order chi connectivity index (χ0) is 13.2. The predicted octanol–water partition coefficient (Wildman–Crippen LogP) is 2.26. The van der Waals surface area contributed by atoms with Gasteiger partial charge in [-0.15, -0.1) is 0 Å². The summed E-state index contributed by atoms with van der Waals surface area (Å²) < 4.78 is 24.4. The molecular formula is C12H12FN3O2S. The Morgan fingerprint density at radius 2 is 2.32 bits per heavy atom. The first-order chi connectivity index (χ1) is 9.25. The predicted molar refractivity (Wildman–Crippen MR) is 70.1 cm³/mol. The standard InChI is InChI=1S/C12H12FN3O2S/c13-7-2-1-3-8(14)10(7)12-15-11(16-18-12)9-6-19-5-4-17-9/h1-3,9H,4-6,14H2. The SMILES string of the molecule is Nc1cccc(F)c1-c1nc(C2CSCCO2)no1. The molecule has 1 aliphatic rings. The summed E-state index contributed by atoms with van der Waals surface area (Å²) in [4.78, 5) is 4.19. The van der Waals surface area contributed by atoms with Crippen LogP contribution in [0.1, 0.15) is 11.9 Å². The van der Waals surface area contributed by atoms with Crippen molar-refractivity contribution in [3.8, 4) is 11.5 Å². The summed E-state index contributed by atoms with van der Waals surface area (Å²) in [7, 11) is 0. The van der Waals surface area contributed by atoms with Gasteiger partial charge in [0.15, 0.2) is 0 Å². The van der Waals surface area contributed by atoms with Gasteiger partial charge in [-0.1, -0.05) is 11.2 Å². The van der Waals surface area contributed by atoms with E-state index in [0.29, 0.717) is 12.4 Å². The van der Waals surface area contributed by atoms with Crippen LogP contribution in [0.2, 0.25) is 0 Å². The second-order valence-electron chi connectivity index (χ2n) is 4.10. The molecule has 0 spiro atoms. The Balaban J connectivity index is 1.92. The molecule has 0 bridgehead atoms. The number of aromatic nitrogens is 2. The highest BCUT2D eigenvalue weighted by Gasteiger charge is 2.24. The van der Waals surface area contributed by atoms with E-state index in [2.05, 4.69) is 10.1 Å². The number of anilines is 1. The quantitative estimate of drug-likeness (QED) is 0.851. The van der Waals surface area contributed by atoms with Gasteiger partial charge in [0.25, 0.3) is 5.89 Å². The Kier molecular flexibility index (Phi) is 3.39. The Labute approximate surface area is 113 Å². The molecule has 1 fully saturated rings. The second kappa shape index (κ2) is 5.18. The second-order valence-corrected chi connectivity index (χ2v) is 5.25. The molecule has 2 heterocycles.